The summed E-state index contributed by atoms with van der Waals surface area (Å²) in [6.45, 7) is 0.826. The number of nitrogens with zero attached hydrogens (tertiary/aromatic N) is 6. The Kier molecular flexibility index (Phi) is 7.56. The molecule has 3 aromatic rings. The number of nitriles is 1. The van der Waals surface area contributed by atoms with E-state index in [4.69, 9.17) is 9.92 Å². The smallest absolute Gasteiger partial charge is 0.382 e. The van der Waals surface area contributed by atoms with Crippen LogP contribution in [0.15, 0.2) is 30.7 Å². The Bertz CT molecular complexity index is 1480. The molecule has 0 unspecified atom stereocenters. The van der Waals surface area contributed by atoms with E-state index in [2.05, 4.69) is 15.0 Å². The Morgan fingerprint density at radius 3 is 2.58 bits per heavy atom. The van der Waals surface area contributed by atoms with Crippen LogP contribution in [-0.4, -0.2) is 53.9 Å². The van der Waals surface area contributed by atoms with Crippen LogP contribution in [0.25, 0.3) is 11.3 Å². The van der Waals surface area contributed by atoms with Gasteiger partial charge in [0.15, 0.2) is 5.82 Å². The van der Waals surface area contributed by atoms with Crippen molar-refractivity contribution >= 4 is 21.8 Å². The summed E-state index contributed by atoms with van der Waals surface area (Å²) in [7, 11) is -3.71. The SMILES string of the molecule is CS(=O)(=O)OCCn1cc(-c2ccc(F)c(C(F)(F)F)c2)nc1C1CCN(c2ncnc(N)c2C#N)CC1. The first-order valence-electron chi connectivity index (χ1n) is 11.4. The van der Waals surface area contributed by atoms with E-state index < -0.39 is 27.7 Å². The van der Waals surface area contributed by atoms with E-state index in [0.29, 0.717) is 43.6 Å². The van der Waals surface area contributed by atoms with Gasteiger partial charge >= 0.3 is 6.18 Å². The molecule has 1 aliphatic heterocycles. The van der Waals surface area contributed by atoms with Crippen molar-refractivity contribution < 1.29 is 30.2 Å². The molecule has 1 aliphatic rings. The lowest BCUT2D eigenvalue weighted by Crippen LogP contribution is -2.35. The molecule has 1 aromatic carbocycles. The summed E-state index contributed by atoms with van der Waals surface area (Å²) in [5.74, 6) is -0.530. The number of aromatic nitrogens is 4. The molecule has 4 rings (SSSR count). The van der Waals surface area contributed by atoms with Crippen LogP contribution in [0, 0.1) is 17.1 Å². The molecule has 0 radical (unpaired) electrons. The van der Waals surface area contributed by atoms with E-state index in [1.165, 1.54) is 18.6 Å². The van der Waals surface area contributed by atoms with Crippen molar-refractivity contribution in [2.24, 2.45) is 0 Å². The van der Waals surface area contributed by atoms with Gasteiger partial charge in [0.2, 0.25) is 0 Å². The predicted octanol–water partition coefficient (Wildman–Crippen LogP) is 3.31. The van der Waals surface area contributed by atoms with Gasteiger partial charge in [-0.05, 0) is 31.0 Å². The number of hydrogen-bond acceptors (Lipinski definition) is 9. The third-order valence-electron chi connectivity index (χ3n) is 6.13. The third kappa shape index (κ3) is 6.03. The molecule has 38 heavy (non-hydrogen) atoms. The van der Waals surface area contributed by atoms with Crippen LogP contribution in [-0.2, 0) is 27.0 Å². The van der Waals surface area contributed by atoms with Crippen molar-refractivity contribution in [3.63, 3.8) is 0 Å². The highest BCUT2D eigenvalue weighted by Crippen LogP contribution is 2.36. The number of piperidine rings is 1. The Morgan fingerprint density at radius 2 is 1.95 bits per heavy atom. The van der Waals surface area contributed by atoms with E-state index in [-0.39, 0.29) is 41.7 Å². The molecule has 0 aliphatic carbocycles. The lowest BCUT2D eigenvalue weighted by molar-refractivity contribution is -0.139. The van der Waals surface area contributed by atoms with Gasteiger partial charge in [0, 0.05) is 37.3 Å². The molecule has 0 atom stereocenters. The molecule has 0 saturated carbocycles. The second-order valence-electron chi connectivity index (χ2n) is 8.73. The first-order chi connectivity index (χ1) is 17.9. The number of hydrogen-bond donors (Lipinski definition) is 1. The molecule has 3 heterocycles. The van der Waals surface area contributed by atoms with Gasteiger partial charge in [-0.1, -0.05) is 0 Å². The highest BCUT2D eigenvalue weighted by Gasteiger charge is 2.35. The number of anilines is 2. The van der Waals surface area contributed by atoms with Crippen molar-refractivity contribution in [1.82, 2.24) is 19.5 Å². The summed E-state index contributed by atoms with van der Waals surface area (Å²) >= 11 is 0. The lowest BCUT2D eigenvalue weighted by Gasteiger charge is -2.33. The number of nitrogens with two attached hydrogens (primary N) is 1. The molecule has 2 N–H and O–H groups in total. The molecule has 10 nitrogen and oxygen atoms in total. The molecule has 1 fully saturated rings. The molecule has 15 heteroatoms. The summed E-state index contributed by atoms with van der Waals surface area (Å²) < 4.78 is 82.9. The number of imidazole rings is 1. The maximum absolute atomic E-state index is 13.8. The Balaban J connectivity index is 1.62. The Morgan fingerprint density at radius 1 is 1.24 bits per heavy atom. The molecule has 202 valence electrons. The van der Waals surface area contributed by atoms with Crippen molar-refractivity contribution in [1.29, 1.82) is 5.26 Å². The maximum atomic E-state index is 13.8. The summed E-state index contributed by atoms with van der Waals surface area (Å²) in [6.07, 6.45) is -0.0927. The van der Waals surface area contributed by atoms with Gasteiger partial charge in [-0.15, -0.1) is 0 Å². The fraction of sp³-hybridized carbons (Fsp3) is 0.391. The molecular weight excluding hydrogens is 530 g/mol. The second kappa shape index (κ2) is 10.5. The highest BCUT2D eigenvalue weighted by molar-refractivity contribution is 7.85. The van der Waals surface area contributed by atoms with E-state index in [9.17, 15) is 31.2 Å². The van der Waals surface area contributed by atoms with Crippen molar-refractivity contribution in [3.8, 4) is 17.3 Å². The zero-order chi connectivity index (χ0) is 27.7. The summed E-state index contributed by atoms with van der Waals surface area (Å²) in [4.78, 5) is 14.5. The van der Waals surface area contributed by atoms with Gasteiger partial charge in [0.05, 0.1) is 24.1 Å². The van der Waals surface area contributed by atoms with Crippen LogP contribution in [0.2, 0.25) is 0 Å². The number of rotatable bonds is 7. The summed E-state index contributed by atoms with van der Waals surface area (Å²) in [5.41, 5.74) is 4.81. The zero-order valence-electron chi connectivity index (χ0n) is 20.1. The minimum absolute atomic E-state index is 0.0651. The highest BCUT2D eigenvalue weighted by atomic mass is 32.2. The minimum atomic E-state index is -4.88. The molecular formula is C23H23F4N7O3S. The Hall–Kier alpha value is -3.77. The third-order valence-corrected chi connectivity index (χ3v) is 6.73. The number of benzene rings is 1. The van der Waals surface area contributed by atoms with Crippen LogP contribution in [0.3, 0.4) is 0 Å². The second-order valence-corrected chi connectivity index (χ2v) is 10.4. The molecule has 0 amide bonds. The van der Waals surface area contributed by atoms with Crippen LogP contribution in [0.4, 0.5) is 29.2 Å². The minimum Gasteiger partial charge on any atom is -0.382 e. The predicted molar refractivity (Wildman–Crippen MR) is 129 cm³/mol. The van der Waals surface area contributed by atoms with Crippen LogP contribution >= 0.6 is 0 Å². The summed E-state index contributed by atoms with van der Waals surface area (Å²) in [6, 6.07) is 4.66. The van der Waals surface area contributed by atoms with Gasteiger partial charge in [0.1, 0.15) is 35.4 Å². The molecule has 1 saturated heterocycles. The van der Waals surface area contributed by atoms with Crippen LogP contribution in [0.1, 0.15) is 35.7 Å². The standard InChI is InChI=1S/C23H23F4N7O3S/c1-38(35,36)37-9-8-34-12-19(15-2-3-18(24)17(10-15)23(25,26)27)32-21(34)14-4-6-33(7-5-14)22-16(11-28)20(29)30-13-31-22/h2-3,10,12-14H,4-9H2,1H3,(H2,29,30,31). The van der Waals surface area contributed by atoms with E-state index in [1.54, 1.807) is 4.57 Å². The fourth-order valence-corrected chi connectivity index (χ4v) is 4.73. The van der Waals surface area contributed by atoms with Crippen LogP contribution in [0.5, 0.6) is 0 Å². The monoisotopic (exact) mass is 553 g/mol. The summed E-state index contributed by atoms with van der Waals surface area (Å²) in [5, 5.41) is 9.44. The van der Waals surface area contributed by atoms with Crippen molar-refractivity contribution in [2.75, 3.05) is 36.6 Å². The topological polar surface area (TPSA) is 140 Å². The number of halogens is 4. The average Bonchev–Trinajstić information content (AvgIpc) is 3.27. The normalized spacial score (nSPS) is 15.0. The van der Waals surface area contributed by atoms with E-state index in [1.807, 2.05) is 11.0 Å². The van der Waals surface area contributed by atoms with E-state index >= 15 is 0 Å². The van der Waals surface area contributed by atoms with Gasteiger partial charge < -0.3 is 15.2 Å². The molecule has 0 bridgehead atoms. The number of alkyl halides is 3. The van der Waals surface area contributed by atoms with Crippen molar-refractivity contribution in [3.05, 3.63) is 53.5 Å². The van der Waals surface area contributed by atoms with Crippen LogP contribution < -0.4 is 10.6 Å². The largest absolute Gasteiger partial charge is 0.419 e. The maximum Gasteiger partial charge on any atom is 0.419 e. The number of nitrogen functional groups attached to an aromatic ring is 1. The first-order valence-corrected chi connectivity index (χ1v) is 13.2. The first kappa shape index (κ1) is 27.3. The van der Waals surface area contributed by atoms with Gasteiger partial charge in [-0.3, -0.25) is 4.18 Å². The quantitative estimate of drug-likeness (QED) is 0.345. The van der Waals surface area contributed by atoms with Gasteiger partial charge in [0.25, 0.3) is 10.1 Å². The van der Waals surface area contributed by atoms with Gasteiger partial charge in [-0.25, -0.2) is 19.3 Å². The average molecular weight is 554 g/mol. The van der Waals surface area contributed by atoms with Gasteiger partial charge in [-0.2, -0.15) is 26.9 Å². The fourth-order valence-electron chi connectivity index (χ4n) is 4.35. The lowest BCUT2D eigenvalue weighted by atomic mass is 9.95. The van der Waals surface area contributed by atoms with Crippen molar-refractivity contribution in [2.45, 2.75) is 31.5 Å². The molecule has 0 spiro atoms. The molecule has 2 aromatic heterocycles. The van der Waals surface area contributed by atoms with E-state index in [0.717, 1.165) is 12.3 Å². The Labute approximate surface area is 215 Å². The zero-order valence-corrected chi connectivity index (χ0v) is 20.9.